The summed E-state index contributed by atoms with van der Waals surface area (Å²) in [5.74, 6) is 0. The quantitative estimate of drug-likeness (QED) is 0.779. The van der Waals surface area contributed by atoms with Crippen LogP contribution in [0, 0.1) is 6.92 Å². The molecule has 18 heavy (non-hydrogen) atoms. The van der Waals surface area contributed by atoms with E-state index < -0.39 is 0 Å². The van der Waals surface area contributed by atoms with E-state index in [9.17, 15) is 0 Å². The number of rotatable bonds is 2. The van der Waals surface area contributed by atoms with Gasteiger partial charge in [-0.05, 0) is 36.7 Å². The van der Waals surface area contributed by atoms with E-state index in [1.807, 2.05) is 37.3 Å². The lowest BCUT2D eigenvalue weighted by Crippen LogP contribution is -1.77. The summed E-state index contributed by atoms with van der Waals surface area (Å²) in [6, 6.07) is 9.64. The molecule has 0 saturated heterocycles. The Bertz CT molecular complexity index is 671. The summed E-state index contributed by atoms with van der Waals surface area (Å²) in [4.78, 5) is 1.01. The van der Waals surface area contributed by atoms with Gasteiger partial charge in [-0.2, -0.15) is 19.8 Å². The number of benzene rings is 1. The number of aromatic nitrogens is 4. The highest BCUT2D eigenvalue weighted by Gasteiger charge is 2.11. The highest BCUT2D eigenvalue weighted by Crippen LogP contribution is 2.29. The second-order valence-electron chi connectivity index (χ2n) is 3.84. The van der Waals surface area contributed by atoms with E-state index in [0.29, 0.717) is 0 Å². The molecular formula is C12H9ClN4S. The highest BCUT2D eigenvalue weighted by atomic mass is 35.5. The minimum atomic E-state index is 0.724. The fourth-order valence-corrected chi connectivity index (χ4v) is 2.59. The van der Waals surface area contributed by atoms with E-state index in [1.54, 1.807) is 0 Å². The molecule has 3 aromatic rings. The average Bonchev–Trinajstić information content (AvgIpc) is 2.98. The zero-order valence-corrected chi connectivity index (χ0v) is 11.1. The van der Waals surface area contributed by atoms with Crippen LogP contribution in [0.1, 0.15) is 5.69 Å². The lowest BCUT2D eigenvalue weighted by molar-refractivity contribution is 0.930. The first-order valence-electron chi connectivity index (χ1n) is 5.34. The van der Waals surface area contributed by atoms with Gasteiger partial charge in [-0.15, -0.1) is 0 Å². The summed E-state index contributed by atoms with van der Waals surface area (Å²) in [5, 5.41) is 11.5. The van der Waals surface area contributed by atoms with Crippen LogP contribution in [0.15, 0.2) is 30.3 Å². The molecule has 3 rings (SSSR count). The fraction of sp³-hybridized carbons (Fsp3) is 0.0833. The van der Waals surface area contributed by atoms with Crippen molar-refractivity contribution in [2.75, 3.05) is 0 Å². The van der Waals surface area contributed by atoms with Crippen molar-refractivity contribution in [3.05, 3.63) is 41.0 Å². The number of nitrogens with zero attached hydrogens (tertiary/aromatic N) is 3. The third-order valence-corrected chi connectivity index (χ3v) is 3.65. The van der Waals surface area contributed by atoms with Gasteiger partial charge in [-0.1, -0.05) is 23.7 Å². The van der Waals surface area contributed by atoms with Crippen molar-refractivity contribution in [2.24, 2.45) is 0 Å². The van der Waals surface area contributed by atoms with Gasteiger partial charge in [0.05, 0.1) is 16.3 Å². The summed E-state index contributed by atoms with van der Waals surface area (Å²) < 4.78 is 4.43. The molecule has 0 fully saturated rings. The van der Waals surface area contributed by atoms with Crippen molar-refractivity contribution < 1.29 is 0 Å². The van der Waals surface area contributed by atoms with Gasteiger partial charge in [0, 0.05) is 10.6 Å². The largest absolute Gasteiger partial charge is 0.197 e. The number of halogens is 1. The smallest absolute Gasteiger partial charge is 0.127 e. The summed E-state index contributed by atoms with van der Waals surface area (Å²) in [6.45, 7) is 1.92. The Hall–Kier alpha value is -1.72. The Morgan fingerprint density at radius 1 is 1.17 bits per heavy atom. The molecule has 2 heterocycles. The van der Waals surface area contributed by atoms with E-state index in [2.05, 4.69) is 19.8 Å². The van der Waals surface area contributed by atoms with Crippen molar-refractivity contribution in [3.8, 4) is 21.8 Å². The summed E-state index contributed by atoms with van der Waals surface area (Å²) >= 11 is 7.28. The normalized spacial score (nSPS) is 10.8. The Balaban J connectivity index is 1.99. The standard InChI is InChI=1S/C12H9ClN4S/c1-7-12(15-17-14-7)11-6-10(16-18-11)8-2-4-9(13)5-3-8/h2-6H,1H3,(H,14,15,17). The molecule has 90 valence electrons. The molecule has 6 heteroatoms. The topological polar surface area (TPSA) is 54.5 Å². The average molecular weight is 277 g/mol. The molecule has 0 bridgehead atoms. The fourth-order valence-electron chi connectivity index (χ4n) is 1.66. The third kappa shape index (κ3) is 2.02. The van der Waals surface area contributed by atoms with Crippen LogP contribution in [-0.4, -0.2) is 19.8 Å². The molecule has 4 nitrogen and oxygen atoms in total. The van der Waals surface area contributed by atoms with E-state index in [1.165, 1.54) is 11.5 Å². The molecule has 0 saturated carbocycles. The van der Waals surface area contributed by atoms with Crippen LogP contribution in [-0.2, 0) is 0 Å². The van der Waals surface area contributed by atoms with Crippen molar-refractivity contribution in [2.45, 2.75) is 6.92 Å². The van der Waals surface area contributed by atoms with Crippen LogP contribution in [0.5, 0.6) is 0 Å². The number of nitrogens with one attached hydrogen (secondary N) is 1. The Morgan fingerprint density at radius 2 is 1.94 bits per heavy atom. The number of H-pyrrole nitrogens is 1. The van der Waals surface area contributed by atoms with Gasteiger partial charge < -0.3 is 0 Å². The molecule has 1 N–H and O–H groups in total. The molecule has 0 unspecified atom stereocenters. The maximum Gasteiger partial charge on any atom is 0.127 e. The zero-order chi connectivity index (χ0) is 12.5. The number of aromatic amines is 1. The molecule has 0 amide bonds. The van der Waals surface area contributed by atoms with Crippen molar-refractivity contribution in [1.29, 1.82) is 0 Å². The van der Waals surface area contributed by atoms with E-state index >= 15 is 0 Å². The second kappa shape index (κ2) is 4.51. The molecule has 0 radical (unpaired) electrons. The minimum absolute atomic E-state index is 0.724. The predicted molar refractivity (Wildman–Crippen MR) is 72.7 cm³/mol. The van der Waals surface area contributed by atoms with Crippen LogP contribution in [0.25, 0.3) is 21.8 Å². The van der Waals surface area contributed by atoms with Gasteiger partial charge in [0.15, 0.2) is 0 Å². The molecule has 0 spiro atoms. The lowest BCUT2D eigenvalue weighted by atomic mass is 10.1. The Kier molecular flexibility index (Phi) is 2.85. The monoisotopic (exact) mass is 276 g/mol. The number of hydrogen-bond acceptors (Lipinski definition) is 4. The van der Waals surface area contributed by atoms with Crippen molar-refractivity contribution in [3.63, 3.8) is 0 Å². The summed E-state index contributed by atoms with van der Waals surface area (Å²) in [6.07, 6.45) is 0. The zero-order valence-electron chi connectivity index (χ0n) is 9.51. The van der Waals surface area contributed by atoms with Crippen LogP contribution in [0.3, 0.4) is 0 Å². The lowest BCUT2D eigenvalue weighted by Gasteiger charge is -1.95. The molecule has 0 aliphatic carbocycles. The minimum Gasteiger partial charge on any atom is -0.197 e. The van der Waals surface area contributed by atoms with E-state index in [0.717, 1.165) is 32.5 Å². The van der Waals surface area contributed by atoms with Crippen LogP contribution in [0.2, 0.25) is 5.02 Å². The highest BCUT2D eigenvalue weighted by molar-refractivity contribution is 7.09. The van der Waals surface area contributed by atoms with Crippen LogP contribution < -0.4 is 0 Å². The van der Waals surface area contributed by atoms with Crippen LogP contribution in [0.4, 0.5) is 0 Å². The summed E-state index contributed by atoms with van der Waals surface area (Å²) in [7, 11) is 0. The summed E-state index contributed by atoms with van der Waals surface area (Å²) in [5.41, 5.74) is 3.70. The van der Waals surface area contributed by atoms with Gasteiger partial charge in [0.1, 0.15) is 5.69 Å². The first-order valence-corrected chi connectivity index (χ1v) is 6.49. The van der Waals surface area contributed by atoms with Crippen LogP contribution >= 0.6 is 23.1 Å². The first kappa shape index (κ1) is 11.4. The molecular weight excluding hydrogens is 268 g/mol. The first-order chi connectivity index (χ1) is 8.74. The molecule has 1 aromatic carbocycles. The van der Waals surface area contributed by atoms with Crippen molar-refractivity contribution >= 4 is 23.1 Å². The van der Waals surface area contributed by atoms with Gasteiger partial charge >= 0.3 is 0 Å². The molecule has 2 aromatic heterocycles. The van der Waals surface area contributed by atoms with Gasteiger partial charge in [-0.3, -0.25) is 0 Å². The van der Waals surface area contributed by atoms with Crippen molar-refractivity contribution in [1.82, 2.24) is 19.8 Å². The van der Waals surface area contributed by atoms with Gasteiger partial charge in [0.25, 0.3) is 0 Å². The number of hydrogen-bond donors (Lipinski definition) is 1. The number of aryl methyl sites for hydroxylation is 1. The maximum absolute atomic E-state index is 5.87. The van der Waals surface area contributed by atoms with Gasteiger partial charge in [0.2, 0.25) is 0 Å². The molecule has 0 aliphatic rings. The second-order valence-corrected chi connectivity index (χ2v) is 5.08. The molecule has 0 aliphatic heterocycles. The van der Waals surface area contributed by atoms with E-state index in [-0.39, 0.29) is 0 Å². The van der Waals surface area contributed by atoms with Gasteiger partial charge in [-0.25, -0.2) is 0 Å². The van der Waals surface area contributed by atoms with E-state index in [4.69, 9.17) is 11.6 Å². The third-order valence-electron chi connectivity index (χ3n) is 2.61. The Labute approximate surface area is 113 Å². The molecule has 0 atom stereocenters. The SMILES string of the molecule is Cc1n[nH]nc1-c1cc(-c2ccc(Cl)cc2)ns1. The predicted octanol–water partition coefficient (Wildman–Crippen LogP) is 3.56. The maximum atomic E-state index is 5.87. The Morgan fingerprint density at radius 3 is 2.61 bits per heavy atom.